The number of ketones is 4. The molecule has 1 aromatic heterocycles. The summed E-state index contributed by atoms with van der Waals surface area (Å²) in [6.07, 6.45) is -25.7. The van der Waals surface area contributed by atoms with Crippen molar-refractivity contribution in [3.63, 3.8) is 0 Å². The van der Waals surface area contributed by atoms with Crippen molar-refractivity contribution in [2.45, 2.75) is 241 Å². The zero-order valence-electron chi connectivity index (χ0n) is 71.1. The summed E-state index contributed by atoms with van der Waals surface area (Å²) in [4.78, 5) is 94.3. The second-order valence-corrected chi connectivity index (χ2v) is 33.0. The summed E-state index contributed by atoms with van der Waals surface area (Å²) < 4.78 is 75.4. The molecule has 46 heteroatoms. The molecular formula is C80H117N10O35P. The normalized spacial score (nSPS) is 30.4. The molecule has 45 nitrogen and oxygen atoms in total. The molecule has 25 N–H and O–H groups in total. The molecule has 5 saturated heterocycles. The molecule has 5 fully saturated rings. The van der Waals surface area contributed by atoms with Crippen LogP contribution in [0.15, 0.2) is 53.1 Å². The van der Waals surface area contributed by atoms with Crippen molar-refractivity contribution in [1.82, 2.24) is 25.6 Å². The summed E-state index contributed by atoms with van der Waals surface area (Å²) in [7, 11) is -0.0330. The highest BCUT2D eigenvalue weighted by Gasteiger charge is 2.52. The number of carbonyl (C=O) groups is 5. The van der Waals surface area contributed by atoms with Crippen LogP contribution in [0.2, 0.25) is 0 Å². The van der Waals surface area contributed by atoms with Gasteiger partial charge in [-0.1, -0.05) is 5.22 Å². The number of phosphoric acid groups is 1. The van der Waals surface area contributed by atoms with E-state index >= 15 is 4.79 Å². The molecule has 12 rings (SSSR count). The van der Waals surface area contributed by atoms with E-state index in [0.717, 1.165) is 0 Å². The van der Waals surface area contributed by atoms with Crippen LogP contribution in [0.3, 0.4) is 0 Å². The number of nitrogens with two attached hydrogens (primary N) is 1. The van der Waals surface area contributed by atoms with Crippen molar-refractivity contribution in [1.29, 1.82) is 0 Å². The number of phenolic OH excluding ortho intramolecular Hbond substituents is 4. The van der Waals surface area contributed by atoms with Gasteiger partial charge in [0.2, 0.25) is 17.9 Å². The Labute approximate surface area is 722 Å². The third-order valence-electron chi connectivity index (χ3n) is 22.1. The third kappa shape index (κ3) is 24.8. The predicted octanol–water partition coefficient (Wildman–Crippen LogP) is -1.25. The Bertz CT molecular complexity index is 4540. The fourth-order valence-corrected chi connectivity index (χ4v) is 15.7. The van der Waals surface area contributed by atoms with Crippen molar-refractivity contribution in [2.75, 3.05) is 84.3 Å². The average molecular weight is 1810 g/mol. The highest BCUT2D eigenvalue weighted by molar-refractivity contribution is 7.45. The maximum absolute atomic E-state index is 15.0. The number of ether oxygens (including phenoxy) is 11. The summed E-state index contributed by atoms with van der Waals surface area (Å²) in [6.45, 7) is 14.9. The van der Waals surface area contributed by atoms with Gasteiger partial charge in [0, 0.05) is 115 Å². The van der Waals surface area contributed by atoms with Crippen LogP contribution in [0.4, 0.5) is 17.2 Å². The molecule has 4 aromatic carbocycles. The summed E-state index contributed by atoms with van der Waals surface area (Å²) in [5, 5.41) is 180. The van der Waals surface area contributed by atoms with Gasteiger partial charge < -0.3 is 175 Å². The van der Waals surface area contributed by atoms with Gasteiger partial charge in [0.15, 0.2) is 48.2 Å². The lowest BCUT2D eigenvalue weighted by molar-refractivity contribution is -0.334. The smallest absolute Gasteiger partial charge is 0.466 e. The number of nitrogens with zero attached hydrogens (tertiary/aromatic N) is 4. The van der Waals surface area contributed by atoms with Crippen molar-refractivity contribution < 1.29 is 172 Å². The van der Waals surface area contributed by atoms with Crippen molar-refractivity contribution in [3.8, 4) is 28.7 Å². The topological polar surface area (TPSA) is 699 Å². The number of imidazole rings is 1. The molecule has 702 valence electrons. The number of fused-ring (bicyclic) bond motifs is 4. The van der Waals surface area contributed by atoms with Gasteiger partial charge in [-0.05, 0) is 109 Å². The van der Waals surface area contributed by atoms with E-state index in [4.69, 9.17) is 87.3 Å². The largest absolute Gasteiger partial charge is 0.507 e. The third-order valence-corrected chi connectivity index (χ3v) is 22.1. The maximum atomic E-state index is 15.0. The van der Waals surface area contributed by atoms with Crippen LogP contribution in [0.25, 0.3) is 10.8 Å². The average Bonchev–Trinajstić information content (AvgIpc) is 0.934. The van der Waals surface area contributed by atoms with Gasteiger partial charge in [0.1, 0.15) is 77.6 Å². The first kappa shape index (κ1) is 101. The van der Waals surface area contributed by atoms with Gasteiger partial charge in [-0.3, -0.25) is 29.0 Å². The fourth-order valence-electron chi connectivity index (χ4n) is 15.7. The van der Waals surface area contributed by atoms with Crippen LogP contribution in [0.5, 0.6) is 28.7 Å². The molecule has 2 aliphatic carbocycles. The van der Waals surface area contributed by atoms with Gasteiger partial charge in [0.05, 0.1) is 119 Å². The number of aromatic nitrogens is 2. The molecule has 0 spiro atoms. The van der Waals surface area contributed by atoms with E-state index in [1.165, 1.54) is 70.4 Å². The number of aromatic amines is 1. The first-order chi connectivity index (χ1) is 59.3. The lowest BCUT2D eigenvalue weighted by Gasteiger charge is -2.46. The summed E-state index contributed by atoms with van der Waals surface area (Å²) >= 11 is 0. The highest BCUT2D eigenvalue weighted by Crippen LogP contribution is 2.49. The molecule has 0 bridgehead atoms. The minimum Gasteiger partial charge on any atom is -0.507 e. The van der Waals surface area contributed by atoms with Crippen LogP contribution in [-0.4, -0.2) is 356 Å². The first-order valence-corrected chi connectivity index (χ1v) is 42.3. The van der Waals surface area contributed by atoms with E-state index < -0.39 is 201 Å². The van der Waals surface area contributed by atoms with Gasteiger partial charge >= 0.3 is 7.82 Å². The molecule has 25 atom stereocenters. The summed E-state index contributed by atoms with van der Waals surface area (Å²) in [5.41, 5.74) is 4.32. The predicted molar refractivity (Wildman–Crippen MR) is 438 cm³/mol. The Morgan fingerprint density at radius 3 is 1.60 bits per heavy atom. The van der Waals surface area contributed by atoms with Gasteiger partial charge in [0.25, 0.3) is 5.91 Å². The van der Waals surface area contributed by atoms with Crippen LogP contribution in [0.1, 0.15) is 144 Å². The van der Waals surface area contributed by atoms with Crippen molar-refractivity contribution in [2.24, 2.45) is 22.0 Å². The number of primary amides is 1. The molecular weight excluding hydrogens is 1690 g/mol. The molecule has 7 aliphatic rings. The second-order valence-electron chi connectivity index (χ2n) is 32.0. The van der Waals surface area contributed by atoms with E-state index in [9.17, 15) is 85.6 Å². The lowest BCUT2D eigenvalue weighted by Crippen LogP contribution is -2.58. The second kappa shape index (κ2) is 44.3. The van der Waals surface area contributed by atoms with Crippen LogP contribution < -0.4 is 31.7 Å². The number of rotatable bonds is 30. The quantitative estimate of drug-likeness (QED) is 0.00824. The van der Waals surface area contributed by atoms with E-state index in [1.54, 1.807) is 53.9 Å². The van der Waals surface area contributed by atoms with E-state index in [-0.39, 0.29) is 130 Å². The number of carbonyl (C=O) groups excluding carboxylic acids is 5. The van der Waals surface area contributed by atoms with Gasteiger partial charge in [-0.25, -0.2) is 9.55 Å². The number of phenols is 4. The van der Waals surface area contributed by atoms with Crippen LogP contribution >= 0.6 is 7.82 Å². The molecule has 0 saturated carbocycles. The van der Waals surface area contributed by atoms with E-state index in [1.807, 2.05) is 0 Å². The number of methoxy groups -OCH3 is 1. The number of Topliss-reactive ketones (excluding diaryl/α,β-unsaturated/α-hetero) is 2. The zero-order valence-corrected chi connectivity index (χ0v) is 72.0. The standard InChI is InChI=1S/C52H76O24.C22H28N4O6.C6H10N6O.H3O4P/c1-18-29(72-34-14-30(43(58)21(4)68-34)73-33-13-28(54)42(57)20(3)67-33)12-26-10-25-11-27(49(66-9)48(63)41(56)19(2)53)50(47(62)39(25)46(61)38(26)40(18)55)76-36-16-31(44(59)23(6)70-36)74-35-15-32(45(60)22(5)69-35)75-37-17-52(8,65)51(64)24(7)71-37;27-11-9-23-5-7-25-13-1-2-14(26-8-6-24-10-12-28)18-17(13)21(31)19-15(29)3-4-16(30)20(19)22(18)32;1-12(2)11-10-6-4(5(7)13)8-3-9-6;1-5(2,3)4/h10,12,19-24,27-28,30-37,41-45,49-51,53-61,64-65H,11,13-17H2,1-9H3;1-4,23-30H,5-12H2;3H,1-2H3,(H2,7,13)(H,8,9);(H3,1,2,3,4)/b;;11-10+;/t19-,20-,21-,22-,23-,24-,27+,28-,30-,31-,32-,33+,34+,35+,36+,37+,41+,42-,43-,44-,45+,49+,50+,51-,52+;;;/m1.../s1. The van der Waals surface area contributed by atoms with Crippen molar-refractivity contribution in [3.05, 3.63) is 87.4 Å². The highest BCUT2D eigenvalue weighted by atomic mass is 31.2. The van der Waals surface area contributed by atoms with E-state index in [2.05, 4.69) is 41.6 Å². The number of H-pyrrole nitrogens is 1. The Morgan fingerprint density at radius 2 is 1.13 bits per heavy atom. The molecule has 5 aliphatic heterocycles. The molecule has 6 heterocycles. The van der Waals surface area contributed by atoms with Crippen LogP contribution in [0, 0.1) is 12.8 Å². The number of hydrogen-bond donors (Lipinski definition) is 24. The monoisotopic (exact) mass is 1810 g/mol. The number of aromatic hydroxyl groups is 4. The SMILES string of the molecule is CN(C)/N=N/c1[nH]cnc1C(N)=O.CO[C@H](C(=O)[C@@H](O)[C@@H](C)O)[C@@H]1Cc2cc3cc(O[C@H]4C[C@@H](O[C@H]5C[C@@H](O)[C@H](O)[C@@H](C)O5)[C@H](O)[C@@H](C)O4)c(C)c(O)c3c(O)c2C(=O)[C@H]1O[C@H]1C[C@@H](O[C@H]2C[C@@H](O[C@H]3C[C@](C)(O)[C@H](O)[C@@H](C)O3)[C@@H](O)[C@@H](C)O2)[C@H](O)[C@@H](C)O1.O=C1c2c(O)ccc(O)c2C(=O)c2c(NCCNCCO)ccc(NCCNCCO)c21.O=P(O)(O)O. The van der Waals surface area contributed by atoms with Crippen LogP contribution in [-0.2, 0) is 63.1 Å². The lowest BCUT2D eigenvalue weighted by atomic mass is 9.75. The van der Waals surface area contributed by atoms with Gasteiger partial charge in [-0.2, -0.15) is 0 Å². The number of nitrogens with one attached hydrogen (secondary N) is 5. The zero-order chi connectivity index (χ0) is 93.0. The maximum Gasteiger partial charge on any atom is 0.466 e. The van der Waals surface area contributed by atoms with E-state index in [0.29, 0.717) is 50.6 Å². The molecule has 1 amide bonds. The summed E-state index contributed by atoms with van der Waals surface area (Å²) in [5.74, 6) is -6.30. The summed E-state index contributed by atoms with van der Waals surface area (Å²) in [6, 6.07) is 8.77. The molecule has 126 heavy (non-hydrogen) atoms. The molecule has 0 unspecified atom stereocenters. The fraction of sp³-hybridized carbons (Fsp3) is 0.625. The number of hydrogen-bond acceptors (Lipinski definition) is 39. The van der Waals surface area contributed by atoms with Gasteiger partial charge in [-0.15, -0.1) is 5.11 Å². The number of aliphatic hydroxyl groups is 11. The Hall–Kier alpha value is -8.31. The molecule has 5 aromatic rings. The molecule has 0 radical (unpaired) electrons. The Morgan fingerprint density at radius 1 is 0.659 bits per heavy atom. The number of anilines is 2. The Balaban J connectivity index is 0.000000291. The number of amides is 1. The first-order valence-electron chi connectivity index (χ1n) is 40.8. The number of benzene rings is 4. The number of aliphatic hydroxyl groups excluding tert-OH is 10. The Kier molecular flexibility index (Phi) is 35.7. The minimum absolute atomic E-state index is 0.00939. The van der Waals surface area contributed by atoms with Crippen molar-refractivity contribution >= 4 is 64.8 Å². The minimum atomic E-state index is -4.64.